The van der Waals surface area contributed by atoms with Crippen molar-refractivity contribution < 1.29 is 19.0 Å². The smallest absolute Gasteiger partial charge is 0.232 e. The van der Waals surface area contributed by atoms with Crippen LogP contribution in [0.2, 0.25) is 0 Å². The Morgan fingerprint density at radius 1 is 1.17 bits per heavy atom. The lowest BCUT2D eigenvalue weighted by Crippen LogP contribution is -2.31. The summed E-state index contributed by atoms with van der Waals surface area (Å²) in [6.07, 6.45) is 7.48. The molecule has 36 heavy (non-hydrogen) atoms. The molecule has 0 saturated heterocycles. The fourth-order valence-corrected chi connectivity index (χ4v) is 5.07. The molecule has 0 amide bonds. The molecular weight excluding hydrogens is 454 g/mol. The number of carbonyl (C=O) groups excluding carboxylic acids is 1. The minimum atomic E-state index is -0.100. The van der Waals surface area contributed by atoms with Gasteiger partial charge in [-0.15, -0.1) is 0 Å². The van der Waals surface area contributed by atoms with Crippen molar-refractivity contribution in [2.75, 3.05) is 13.8 Å². The summed E-state index contributed by atoms with van der Waals surface area (Å²) in [6.45, 7) is 6.68. The fraction of sp³-hybridized carbons (Fsp3) is 0.241. The molecule has 2 aliphatic heterocycles. The largest absolute Gasteiger partial charge is 0.497 e. The van der Waals surface area contributed by atoms with E-state index >= 15 is 0 Å². The third-order valence-electron chi connectivity index (χ3n) is 6.89. The number of ketones is 1. The second-order valence-electron chi connectivity index (χ2n) is 9.18. The molecule has 0 spiro atoms. The molecule has 0 unspecified atom stereocenters. The van der Waals surface area contributed by atoms with Gasteiger partial charge in [-0.2, -0.15) is 0 Å². The molecule has 0 bridgehead atoms. The van der Waals surface area contributed by atoms with Crippen molar-refractivity contribution in [1.82, 2.24) is 14.5 Å². The number of ether oxygens (including phenoxy) is 3. The number of allylic oxidation sites excluding steroid dienone is 1. The van der Waals surface area contributed by atoms with Gasteiger partial charge in [-0.05, 0) is 67.4 Å². The van der Waals surface area contributed by atoms with Crippen molar-refractivity contribution in [3.63, 3.8) is 0 Å². The maximum Gasteiger partial charge on any atom is 0.232 e. The molecule has 0 N–H and O–H groups in total. The van der Waals surface area contributed by atoms with E-state index in [4.69, 9.17) is 14.2 Å². The highest BCUT2D eigenvalue weighted by atomic mass is 16.5. The highest BCUT2D eigenvalue weighted by molar-refractivity contribution is 6.16. The summed E-state index contributed by atoms with van der Waals surface area (Å²) in [7, 11) is 1.66. The van der Waals surface area contributed by atoms with E-state index in [1.165, 1.54) is 0 Å². The molecule has 0 saturated carbocycles. The van der Waals surface area contributed by atoms with E-state index in [1.54, 1.807) is 19.5 Å². The first-order valence-electron chi connectivity index (χ1n) is 12.1. The Balaban J connectivity index is 1.37. The van der Waals surface area contributed by atoms with Gasteiger partial charge in [-0.3, -0.25) is 14.7 Å². The zero-order valence-corrected chi connectivity index (χ0v) is 20.6. The van der Waals surface area contributed by atoms with Crippen LogP contribution in [0.4, 0.5) is 0 Å². The van der Waals surface area contributed by atoms with E-state index < -0.39 is 0 Å². The number of methoxy groups -OCH3 is 1. The predicted molar refractivity (Wildman–Crippen MR) is 137 cm³/mol. The Morgan fingerprint density at radius 3 is 2.78 bits per heavy atom. The Morgan fingerprint density at radius 2 is 2.00 bits per heavy atom. The quantitative estimate of drug-likeness (QED) is 0.359. The summed E-state index contributed by atoms with van der Waals surface area (Å²) in [5.74, 6) is 2.38. The van der Waals surface area contributed by atoms with E-state index in [1.807, 2.05) is 49.4 Å². The Hall–Kier alpha value is -4.10. The fourth-order valence-electron chi connectivity index (χ4n) is 5.07. The van der Waals surface area contributed by atoms with Gasteiger partial charge < -0.3 is 18.8 Å². The van der Waals surface area contributed by atoms with E-state index in [2.05, 4.69) is 27.6 Å². The Bertz CT molecular complexity index is 1520. The molecule has 7 nitrogen and oxygen atoms in total. The van der Waals surface area contributed by atoms with Crippen molar-refractivity contribution >= 4 is 22.8 Å². The number of fused-ring (bicyclic) bond motifs is 4. The van der Waals surface area contributed by atoms with Crippen LogP contribution < -0.4 is 14.2 Å². The second kappa shape index (κ2) is 8.84. The number of aryl methyl sites for hydroxylation is 2. The number of pyridine rings is 1. The van der Waals surface area contributed by atoms with E-state index in [9.17, 15) is 4.79 Å². The molecule has 7 heteroatoms. The molecule has 0 fully saturated rings. The summed E-state index contributed by atoms with van der Waals surface area (Å²) in [4.78, 5) is 19.8. The first-order chi connectivity index (χ1) is 17.6. The molecule has 2 aromatic carbocycles. The summed E-state index contributed by atoms with van der Waals surface area (Å²) < 4.78 is 20.0. The summed E-state index contributed by atoms with van der Waals surface area (Å²) in [5.41, 5.74) is 5.54. The maximum absolute atomic E-state index is 13.5. The molecule has 0 radical (unpaired) electrons. The molecule has 4 heterocycles. The minimum Gasteiger partial charge on any atom is -0.497 e. The van der Waals surface area contributed by atoms with Gasteiger partial charge >= 0.3 is 0 Å². The first kappa shape index (κ1) is 22.4. The minimum absolute atomic E-state index is 0.100. The number of rotatable bonds is 5. The van der Waals surface area contributed by atoms with Crippen LogP contribution in [-0.2, 0) is 19.6 Å². The maximum atomic E-state index is 13.5. The van der Waals surface area contributed by atoms with Crippen LogP contribution in [-0.4, -0.2) is 34.1 Å². The number of aromatic nitrogens is 2. The molecule has 2 aromatic heterocycles. The van der Waals surface area contributed by atoms with Crippen LogP contribution in [0.15, 0.2) is 60.7 Å². The van der Waals surface area contributed by atoms with Gasteiger partial charge in [0.25, 0.3) is 0 Å². The van der Waals surface area contributed by atoms with Crippen LogP contribution in [0.5, 0.6) is 17.2 Å². The highest BCUT2D eigenvalue weighted by Crippen LogP contribution is 2.44. The monoisotopic (exact) mass is 481 g/mol. The topological polar surface area (TPSA) is 65.8 Å². The first-order valence-corrected chi connectivity index (χ1v) is 12.1. The summed E-state index contributed by atoms with van der Waals surface area (Å²) in [6, 6.07) is 11.9. The normalized spacial score (nSPS) is 16.1. The standard InChI is InChI=1S/C29H27N3O4/c1-4-32-15-20(22-13-21(34-3)5-6-24(22)32)12-26-28(33)27-18(2)11-25-23(29(27)36-26)16-31(17-35-25)14-19-7-9-30-10-8-19/h5-13,15H,4,14,16-17H2,1-3H3/b26-12-. The second-order valence-corrected chi connectivity index (χ2v) is 9.18. The third-order valence-corrected chi connectivity index (χ3v) is 6.89. The summed E-state index contributed by atoms with van der Waals surface area (Å²) >= 11 is 0. The lowest BCUT2D eigenvalue weighted by molar-refractivity contribution is 0.0872. The number of carbonyl (C=O) groups is 1. The molecule has 4 aromatic rings. The molecule has 182 valence electrons. The van der Waals surface area contributed by atoms with Gasteiger partial charge in [0.1, 0.15) is 24.0 Å². The van der Waals surface area contributed by atoms with Crippen molar-refractivity contribution in [2.24, 2.45) is 0 Å². The molecule has 2 aliphatic rings. The number of benzene rings is 2. The number of Topliss-reactive ketones (excluding diaryl/α,β-unsaturated/α-hetero) is 1. The van der Waals surface area contributed by atoms with E-state index in [-0.39, 0.29) is 5.78 Å². The van der Waals surface area contributed by atoms with Crippen LogP contribution in [0.3, 0.4) is 0 Å². The lowest BCUT2D eigenvalue weighted by Gasteiger charge is -2.30. The molecule has 0 atom stereocenters. The third kappa shape index (κ3) is 3.72. The van der Waals surface area contributed by atoms with Crippen molar-refractivity contribution in [1.29, 1.82) is 0 Å². The zero-order valence-electron chi connectivity index (χ0n) is 20.6. The van der Waals surface area contributed by atoms with Gasteiger partial charge in [0.2, 0.25) is 5.78 Å². The SMILES string of the molecule is CCn1cc(/C=C2\Oc3c4c(cc(C)c3C2=O)OCN(Cc2ccncc2)C4)c2cc(OC)ccc21. The number of nitrogens with zero attached hydrogens (tertiary/aromatic N) is 3. The van der Waals surface area contributed by atoms with Crippen LogP contribution in [0.25, 0.3) is 17.0 Å². The molecule has 0 aliphatic carbocycles. The van der Waals surface area contributed by atoms with E-state index in [0.717, 1.165) is 57.7 Å². The van der Waals surface area contributed by atoms with Gasteiger partial charge in [0.15, 0.2) is 5.76 Å². The molecule has 6 rings (SSSR count). The van der Waals surface area contributed by atoms with Gasteiger partial charge in [-0.1, -0.05) is 0 Å². The average molecular weight is 482 g/mol. The average Bonchev–Trinajstić information content (AvgIpc) is 3.42. The van der Waals surface area contributed by atoms with Crippen molar-refractivity contribution in [2.45, 2.75) is 33.5 Å². The predicted octanol–water partition coefficient (Wildman–Crippen LogP) is 5.34. The van der Waals surface area contributed by atoms with Gasteiger partial charge in [0.05, 0.1) is 18.2 Å². The summed E-state index contributed by atoms with van der Waals surface area (Å²) in [5, 5.41) is 1.02. The van der Waals surface area contributed by atoms with Crippen LogP contribution in [0, 0.1) is 6.92 Å². The van der Waals surface area contributed by atoms with Crippen molar-refractivity contribution in [3.8, 4) is 17.2 Å². The Labute approximate surface area is 209 Å². The zero-order chi connectivity index (χ0) is 24.8. The number of hydrogen-bond donors (Lipinski definition) is 0. The van der Waals surface area contributed by atoms with E-state index in [0.29, 0.717) is 30.3 Å². The lowest BCUT2D eigenvalue weighted by atomic mass is 9.98. The number of hydrogen-bond acceptors (Lipinski definition) is 6. The van der Waals surface area contributed by atoms with Gasteiger partial charge in [0, 0.05) is 54.7 Å². The molecular formula is C29H27N3O4. The van der Waals surface area contributed by atoms with Crippen molar-refractivity contribution in [3.05, 3.63) is 88.6 Å². The van der Waals surface area contributed by atoms with Crippen LogP contribution >= 0.6 is 0 Å². The van der Waals surface area contributed by atoms with Gasteiger partial charge in [-0.25, -0.2) is 0 Å². The highest BCUT2D eigenvalue weighted by Gasteiger charge is 2.35. The Kier molecular flexibility index (Phi) is 5.49. The van der Waals surface area contributed by atoms with Crippen LogP contribution in [0.1, 0.15) is 39.5 Å².